The number of alkyl carbamates (subject to hydrolysis) is 1. The van der Waals surface area contributed by atoms with E-state index in [2.05, 4.69) is 25.0 Å². The maximum absolute atomic E-state index is 11.5. The molecule has 1 aromatic heterocycles. The van der Waals surface area contributed by atoms with Crippen molar-refractivity contribution in [2.24, 2.45) is 0 Å². The molecule has 0 spiro atoms. The molecule has 2 unspecified atom stereocenters. The van der Waals surface area contributed by atoms with Crippen LogP contribution in [0.5, 0.6) is 5.75 Å². The molecule has 0 bridgehead atoms. The monoisotopic (exact) mass is 293 g/mol. The zero-order valence-corrected chi connectivity index (χ0v) is 11.8. The number of aromatic nitrogens is 2. The Morgan fingerprint density at radius 3 is 2.71 bits per heavy atom. The first-order valence-corrected chi connectivity index (χ1v) is 6.40. The molecule has 1 aromatic carbocycles. The van der Waals surface area contributed by atoms with Crippen molar-refractivity contribution in [1.29, 1.82) is 0 Å². The molecule has 2 heterocycles. The number of nitrogens with zero attached hydrogens (tertiary/aromatic N) is 2. The van der Waals surface area contributed by atoms with Crippen LogP contribution in [0, 0.1) is 0 Å². The van der Waals surface area contributed by atoms with Crippen LogP contribution in [0.2, 0.25) is 0 Å². The van der Waals surface area contributed by atoms with Crippen molar-refractivity contribution < 1.29 is 24.0 Å². The lowest BCUT2D eigenvalue weighted by atomic mass is 9.86. The second-order valence-corrected chi connectivity index (χ2v) is 5.41. The Labute approximate surface area is 120 Å². The average Bonchev–Trinajstić information content (AvgIpc) is 2.88. The number of carbonyl (C=O) groups excluding carboxylic acids is 1. The van der Waals surface area contributed by atoms with Crippen molar-refractivity contribution in [1.82, 2.24) is 15.6 Å². The van der Waals surface area contributed by atoms with Crippen LogP contribution in [0.15, 0.2) is 16.8 Å². The molecule has 1 aliphatic rings. The zero-order chi connectivity index (χ0) is 15.2. The highest BCUT2D eigenvalue weighted by Crippen LogP contribution is 2.41. The van der Waals surface area contributed by atoms with E-state index in [1.165, 1.54) is 7.11 Å². The lowest BCUT2D eigenvalue weighted by Gasteiger charge is -2.41. The molecule has 0 aliphatic carbocycles. The van der Waals surface area contributed by atoms with Gasteiger partial charge in [-0.05, 0) is 30.2 Å². The lowest BCUT2D eigenvalue weighted by Crippen LogP contribution is -2.53. The van der Waals surface area contributed by atoms with Gasteiger partial charge < -0.3 is 19.9 Å². The van der Waals surface area contributed by atoms with Gasteiger partial charge in [0.15, 0.2) is 0 Å². The first kappa shape index (κ1) is 13.6. The molecule has 2 aromatic rings. The minimum atomic E-state index is -0.957. The normalized spacial score (nSPS) is 23.2. The van der Waals surface area contributed by atoms with Gasteiger partial charge in [0.1, 0.15) is 28.5 Å². The number of amides is 1. The van der Waals surface area contributed by atoms with Crippen LogP contribution in [0.4, 0.5) is 4.79 Å². The summed E-state index contributed by atoms with van der Waals surface area (Å²) in [5, 5.41) is 20.6. The van der Waals surface area contributed by atoms with E-state index in [4.69, 9.17) is 4.74 Å². The number of aliphatic hydroxyl groups is 1. The van der Waals surface area contributed by atoms with E-state index in [1.54, 1.807) is 26.0 Å². The van der Waals surface area contributed by atoms with Gasteiger partial charge in [0, 0.05) is 11.6 Å². The minimum absolute atomic E-state index is 0.509. The first-order valence-electron chi connectivity index (χ1n) is 6.40. The van der Waals surface area contributed by atoms with Crippen LogP contribution in [0.1, 0.15) is 25.5 Å². The number of rotatable bonds is 1. The van der Waals surface area contributed by atoms with Gasteiger partial charge in [-0.1, -0.05) is 0 Å². The van der Waals surface area contributed by atoms with Crippen molar-refractivity contribution in [2.45, 2.75) is 31.6 Å². The Kier molecular flexibility index (Phi) is 2.98. The van der Waals surface area contributed by atoms with Crippen molar-refractivity contribution in [2.75, 3.05) is 7.11 Å². The number of carbonyl (C=O) groups is 1. The summed E-state index contributed by atoms with van der Waals surface area (Å²) in [6.07, 6.45) is -1.59. The van der Waals surface area contributed by atoms with Crippen LogP contribution in [0.25, 0.3) is 11.0 Å². The molecule has 8 heteroatoms. The van der Waals surface area contributed by atoms with Crippen molar-refractivity contribution >= 4 is 17.1 Å². The Balaban J connectivity index is 2.12. The summed E-state index contributed by atoms with van der Waals surface area (Å²) in [6, 6.07) is 2.65. The number of fused-ring (bicyclic) bond motifs is 2. The molecule has 8 nitrogen and oxygen atoms in total. The van der Waals surface area contributed by atoms with Crippen LogP contribution in [-0.2, 0) is 4.74 Å². The van der Waals surface area contributed by atoms with Gasteiger partial charge >= 0.3 is 6.09 Å². The number of hydrogen-bond donors (Lipinski definition) is 2. The Bertz CT molecular complexity index is 696. The summed E-state index contributed by atoms with van der Waals surface area (Å²) < 4.78 is 15.1. The number of aliphatic hydroxyl groups excluding tert-OH is 1. The average molecular weight is 293 g/mol. The minimum Gasteiger partial charge on any atom is -0.485 e. The molecule has 3 rings (SSSR count). The highest BCUT2D eigenvalue weighted by Gasteiger charge is 2.44. The summed E-state index contributed by atoms with van der Waals surface area (Å²) in [5.74, 6) is 0.509. The van der Waals surface area contributed by atoms with E-state index in [0.29, 0.717) is 22.3 Å². The molecule has 0 fully saturated rings. The molecule has 0 saturated carbocycles. The van der Waals surface area contributed by atoms with Gasteiger partial charge in [-0.2, -0.15) is 0 Å². The molecule has 0 radical (unpaired) electrons. The molecular weight excluding hydrogens is 278 g/mol. The summed E-state index contributed by atoms with van der Waals surface area (Å²) >= 11 is 0. The SMILES string of the molecule is COC(=O)NC1c2cc3nonc3cc2OC(C)(C)C1O. The number of methoxy groups -OCH3 is 1. The van der Waals surface area contributed by atoms with E-state index in [1.807, 2.05) is 0 Å². The molecule has 112 valence electrons. The Hall–Kier alpha value is -2.35. The first-order chi connectivity index (χ1) is 9.92. The van der Waals surface area contributed by atoms with Gasteiger partial charge in [-0.25, -0.2) is 9.42 Å². The maximum atomic E-state index is 11.5. The van der Waals surface area contributed by atoms with E-state index in [9.17, 15) is 9.90 Å². The standard InChI is InChI=1S/C13H15N3O5/c1-13(2)11(17)10(14-12(18)19-3)6-4-7-8(16-21-15-7)5-9(6)20-13/h4-5,10-11,17H,1-3H3,(H,14,18). The van der Waals surface area contributed by atoms with Crippen molar-refractivity contribution in [3.8, 4) is 5.75 Å². The fourth-order valence-electron chi connectivity index (χ4n) is 2.42. The van der Waals surface area contributed by atoms with E-state index in [0.717, 1.165) is 0 Å². The topological polar surface area (TPSA) is 107 Å². The zero-order valence-electron chi connectivity index (χ0n) is 11.8. The van der Waals surface area contributed by atoms with Gasteiger partial charge in [0.2, 0.25) is 0 Å². The van der Waals surface area contributed by atoms with Gasteiger partial charge in [-0.15, -0.1) is 0 Å². The molecule has 0 saturated heterocycles. The number of hydrogen-bond acceptors (Lipinski definition) is 7. The lowest BCUT2D eigenvalue weighted by molar-refractivity contribution is -0.0632. The Morgan fingerprint density at radius 1 is 1.38 bits per heavy atom. The summed E-state index contributed by atoms with van der Waals surface area (Å²) in [7, 11) is 1.26. The predicted octanol–water partition coefficient (Wildman–Crippen LogP) is 1.15. The second kappa shape index (κ2) is 4.59. The third kappa shape index (κ3) is 2.17. The summed E-state index contributed by atoms with van der Waals surface area (Å²) in [4.78, 5) is 11.5. The third-order valence-electron chi connectivity index (χ3n) is 3.58. The van der Waals surface area contributed by atoms with E-state index >= 15 is 0 Å². The van der Waals surface area contributed by atoms with Gasteiger partial charge in [0.05, 0.1) is 13.2 Å². The molecule has 2 N–H and O–H groups in total. The second-order valence-electron chi connectivity index (χ2n) is 5.41. The van der Waals surface area contributed by atoms with Crippen LogP contribution in [-0.4, -0.2) is 40.3 Å². The van der Waals surface area contributed by atoms with Gasteiger partial charge in [-0.3, -0.25) is 0 Å². The number of nitrogens with one attached hydrogen (secondary N) is 1. The van der Waals surface area contributed by atoms with Crippen molar-refractivity contribution in [3.05, 3.63) is 17.7 Å². The fraction of sp³-hybridized carbons (Fsp3) is 0.462. The summed E-state index contributed by atoms with van der Waals surface area (Å²) in [6.45, 7) is 3.47. The van der Waals surface area contributed by atoms with Crippen molar-refractivity contribution in [3.63, 3.8) is 0 Å². The molecule has 21 heavy (non-hydrogen) atoms. The molecule has 1 amide bonds. The van der Waals surface area contributed by atoms with Crippen LogP contribution < -0.4 is 10.1 Å². The van der Waals surface area contributed by atoms with E-state index < -0.39 is 23.8 Å². The largest absolute Gasteiger partial charge is 0.485 e. The smallest absolute Gasteiger partial charge is 0.407 e. The predicted molar refractivity (Wildman–Crippen MR) is 70.8 cm³/mol. The number of benzene rings is 1. The highest BCUT2D eigenvalue weighted by molar-refractivity contribution is 5.78. The van der Waals surface area contributed by atoms with E-state index in [-0.39, 0.29) is 0 Å². The van der Waals surface area contributed by atoms with Gasteiger partial charge in [0.25, 0.3) is 0 Å². The molecule has 2 atom stereocenters. The maximum Gasteiger partial charge on any atom is 0.407 e. The highest BCUT2D eigenvalue weighted by atomic mass is 16.6. The van der Waals surface area contributed by atoms with Crippen LogP contribution >= 0.6 is 0 Å². The number of ether oxygens (including phenoxy) is 2. The fourth-order valence-corrected chi connectivity index (χ4v) is 2.42. The summed E-state index contributed by atoms with van der Waals surface area (Å²) in [5.41, 5.74) is 0.762. The quantitative estimate of drug-likeness (QED) is 0.812. The molecular formula is C13H15N3O5. The third-order valence-corrected chi connectivity index (χ3v) is 3.58. The molecule has 1 aliphatic heterocycles. The Morgan fingerprint density at radius 2 is 2.05 bits per heavy atom. The van der Waals surface area contributed by atoms with Crippen LogP contribution in [0.3, 0.4) is 0 Å².